The molecule has 3 nitrogen and oxygen atoms in total. The minimum Gasteiger partial charge on any atom is -0.489 e. The van der Waals surface area contributed by atoms with Gasteiger partial charge in [0.1, 0.15) is 12.4 Å². The summed E-state index contributed by atoms with van der Waals surface area (Å²) in [5.74, 6) is -0.124. The monoisotopic (exact) mass is 332 g/mol. The highest BCUT2D eigenvalue weighted by Crippen LogP contribution is 2.33. The molecule has 25 heavy (non-hydrogen) atoms. The van der Waals surface area contributed by atoms with Gasteiger partial charge in [0.05, 0.1) is 5.56 Å². The Hall–Kier alpha value is -3.07. The molecule has 0 aliphatic rings. The highest BCUT2D eigenvalue weighted by Gasteiger charge is 2.17. The number of carboxylic acid groups (broad SMARTS) is 1. The van der Waals surface area contributed by atoms with Crippen molar-refractivity contribution in [3.63, 3.8) is 0 Å². The topological polar surface area (TPSA) is 46.5 Å². The van der Waals surface area contributed by atoms with Crippen molar-refractivity contribution in [1.82, 2.24) is 0 Å². The summed E-state index contributed by atoms with van der Waals surface area (Å²) in [4.78, 5) is 11.5. The largest absolute Gasteiger partial charge is 0.489 e. The maximum atomic E-state index is 11.5. The summed E-state index contributed by atoms with van der Waals surface area (Å²) >= 11 is 0. The van der Waals surface area contributed by atoms with Crippen LogP contribution in [0.3, 0.4) is 0 Å². The molecular formula is C22H20O3. The second-order valence-electron chi connectivity index (χ2n) is 5.99. The van der Waals surface area contributed by atoms with E-state index < -0.39 is 5.97 Å². The molecule has 0 saturated heterocycles. The highest BCUT2D eigenvalue weighted by molar-refractivity contribution is 5.93. The van der Waals surface area contributed by atoms with Crippen LogP contribution in [0.15, 0.2) is 66.7 Å². The van der Waals surface area contributed by atoms with Gasteiger partial charge in [0, 0.05) is 0 Å². The standard InChI is InChI=1S/C22H20O3/c1-15-8-6-7-11-19(15)21-16(2)20(22(23)24)13-12-17(21)14-25-18-9-4-3-5-10-18/h3-13H,14H2,1-2H3,(H,23,24). The van der Waals surface area contributed by atoms with E-state index in [1.807, 2.05) is 74.5 Å². The summed E-state index contributed by atoms with van der Waals surface area (Å²) in [6.45, 7) is 4.27. The lowest BCUT2D eigenvalue weighted by molar-refractivity contribution is 0.0696. The van der Waals surface area contributed by atoms with Gasteiger partial charge in [0.15, 0.2) is 0 Å². The fraction of sp³-hybridized carbons (Fsp3) is 0.136. The lowest BCUT2D eigenvalue weighted by Gasteiger charge is -2.17. The fourth-order valence-corrected chi connectivity index (χ4v) is 3.03. The second kappa shape index (κ2) is 7.22. The predicted octanol–water partition coefficient (Wildman–Crippen LogP) is 5.25. The highest BCUT2D eigenvalue weighted by atomic mass is 16.5. The number of aryl methyl sites for hydroxylation is 1. The van der Waals surface area contributed by atoms with Crippen LogP contribution in [-0.4, -0.2) is 11.1 Å². The molecule has 3 aromatic rings. The van der Waals surface area contributed by atoms with Crippen LogP contribution in [0.1, 0.15) is 27.0 Å². The zero-order valence-electron chi connectivity index (χ0n) is 14.3. The third-order valence-corrected chi connectivity index (χ3v) is 4.33. The first-order chi connectivity index (χ1) is 12.1. The lowest BCUT2D eigenvalue weighted by Crippen LogP contribution is -2.06. The SMILES string of the molecule is Cc1ccccc1-c1c(COc2ccccc2)ccc(C(=O)O)c1C. The van der Waals surface area contributed by atoms with Gasteiger partial charge in [-0.2, -0.15) is 0 Å². The van der Waals surface area contributed by atoms with Crippen molar-refractivity contribution in [3.05, 3.63) is 89.0 Å². The van der Waals surface area contributed by atoms with Crippen LogP contribution in [0.2, 0.25) is 0 Å². The van der Waals surface area contributed by atoms with E-state index in [1.54, 1.807) is 6.07 Å². The molecule has 0 radical (unpaired) electrons. The van der Waals surface area contributed by atoms with Crippen LogP contribution < -0.4 is 4.74 Å². The molecule has 0 aliphatic carbocycles. The first-order valence-electron chi connectivity index (χ1n) is 8.17. The molecule has 0 fully saturated rings. The van der Waals surface area contributed by atoms with Crippen molar-refractivity contribution in [2.45, 2.75) is 20.5 Å². The Morgan fingerprint density at radius 1 is 0.920 bits per heavy atom. The van der Waals surface area contributed by atoms with E-state index in [4.69, 9.17) is 4.74 Å². The van der Waals surface area contributed by atoms with Crippen molar-refractivity contribution in [2.75, 3.05) is 0 Å². The van der Waals surface area contributed by atoms with Crippen LogP contribution >= 0.6 is 0 Å². The van der Waals surface area contributed by atoms with Crippen LogP contribution in [0.25, 0.3) is 11.1 Å². The average molecular weight is 332 g/mol. The number of carboxylic acids is 1. The van der Waals surface area contributed by atoms with Crippen molar-refractivity contribution >= 4 is 5.97 Å². The number of hydrogen-bond donors (Lipinski definition) is 1. The van der Waals surface area contributed by atoms with Crippen molar-refractivity contribution in [3.8, 4) is 16.9 Å². The zero-order valence-corrected chi connectivity index (χ0v) is 14.3. The Labute approximate surface area is 147 Å². The van der Waals surface area contributed by atoms with Gasteiger partial charge < -0.3 is 9.84 Å². The van der Waals surface area contributed by atoms with Gasteiger partial charge >= 0.3 is 5.97 Å². The number of aromatic carboxylic acids is 1. The Kier molecular flexibility index (Phi) is 4.85. The van der Waals surface area contributed by atoms with E-state index in [-0.39, 0.29) is 0 Å². The van der Waals surface area contributed by atoms with Crippen LogP contribution in [0.5, 0.6) is 5.75 Å². The van der Waals surface area contributed by atoms with E-state index in [1.165, 1.54) is 0 Å². The van der Waals surface area contributed by atoms with Gasteiger partial charge in [-0.05, 0) is 59.9 Å². The molecule has 0 saturated carbocycles. The molecule has 1 N–H and O–H groups in total. The first kappa shape index (κ1) is 16.8. The maximum Gasteiger partial charge on any atom is 0.335 e. The molecule has 0 bridgehead atoms. The average Bonchev–Trinajstić information content (AvgIpc) is 2.61. The summed E-state index contributed by atoms with van der Waals surface area (Å²) in [6.07, 6.45) is 0. The van der Waals surface area contributed by atoms with Gasteiger partial charge in [0.25, 0.3) is 0 Å². The van der Waals surface area contributed by atoms with Gasteiger partial charge in [-0.1, -0.05) is 48.5 Å². The molecule has 0 atom stereocenters. The molecule has 0 heterocycles. The van der Waals surface area contributed by atoms with Crippen molar-refractivity contribution in [2.24, 2.45) is 0 Å². The van der Waals surface area contributed by atoms with Gasteiger partial charge in [-0.15, -0.1) is 0 Å². The quantitative estimate of drug-likeness (QED) is 0.694. The van der Waals surface area contributed by atoms with E-state index in [0.717, 1.165) is 33.6 Å². The summed E-state index contributed by atoms with van der Waals surface area (Å²) < 4.78 is 5.90. The number of hydrogen-bond acceptors (Lipinski definition) is 2. The predicted molar refractivity (Wildman–Crippen MR) is 99.1 cm³/mol. The van der Waals surface area contributed by atoms with Gasteiger partial charge in [0.2, 0.25) is 0 Å². The minimum atomic E-state index is -0.914. The number of rotatable bonds is 5. The molecule has 0 unspecified atom stereocenters. The molecule has 0 spiro atoms. The number of benzene rings is 3. The summed E-state index contributed by atoms with van der Waals surface area (Å²) in [6, 6.07) is 21.1. The second-order valence-corrected chi connectivity index (χ2v) is 5.99. The van der Waals surface area contributed by atoms with Crippen molar-refractivity contribution < 1.29 is 14.6 Å². The molecule has 0 aromatic heterocycles. The normalized spacial score (nSPS) is 10.5. The Bertz CT molecular complexity index is 898. The summed E-state index contributed by atoms with van der Waals surface area (Å²) in [7, 11) is 0. The molecule has 126 valence electrons. The van der Waals surface area contributed by atoms with E-state index in [2.05, 4.69) is 0 Å². The Morgan fingerprint density at radius 2 is 1.60 bits per heavy atom. The Morgan fingerprint density at radius 3 is 2.28 bits per heavy atom. The fourth-order valence-electron chi connectivity index (χ4n) is 3.03. The van der Waals surface area contributed by atoms with Crippen LogP contribution in [0, 0.1) is 13.8 Å². The van der Waals surface area contributed by atoms with Gasteiger partial charge in [-0.3, -0.25) is 0 Å². The van der Waals surface area contributed by atoms with E-state index in [0.29, 0.717) is 12.2 Å². The Balaban J connectivity index is 2.07. The summed E-state index contributed by atoms with van der Waals surface area (Å²) in [5, 5.41) is 9.47. The molecule has 3 heteroatoms. The summed E-state index contributed by atoms with van der Waals surface area (Å²) in [5.41, 5.74) is 5.14. The minimum absolute atomic E-state index is 0.321. The van der Waals surface area contributed by atoms with Crippen LogP contribution in [-0.2, 0) is 6.61 Å². The zero-order chi connectivity index (χ0) is 17.8. The number of para-hydroxylation sites is 1. The first-order valence-corrected chi connectivity index (χ1v) is 8.17. The number of ether oxygens (including phenoxy) is 1. The third kappa shape index (κ3) is 3.56. The molecular weight excluding hydrogens is 312 g/mol. The molecule has 0 aliphatic heterocycles. The molecule has 0 amide bonds. The number of carbonyl (C=O) groups is 1. The van der Waals surface area contributed by atoms with E-state index >= 15 is 0 Å². The lowest BCUT2D eigenvalue weighted by atomic mass is 9.89. The smallest absolute Gasteiger partial charge is 0.335 e. The molecule has 3 aromatic carbocycles. The third-order valence-electron chi connectivity index (χ3n) is 4.33. The van der Waals surface area contributed by atoms with Crippen LogP contribution in [0.4, 0.5) is 0 Å². The maximum absolute atomic E-state index is 11.5. The van der Waals surface area contributed by atoms with E-state index in [9.17, 15) is 9.90 Å². The molecule has 3 rings (SSSR count). The van der Waals surface area contributed by atoms with Crippen molar-refractivity contribution in [1.29, 1.82) is 0 Å². The van der Waals surface area contributed by atoms with Gasteiger partial charge in [-0.25, -0.2) is 4.79 Å².